The second kappa shape index (κ2) is 9.93. The predicted octanol–water partition coefficient (Wildman–Crippen LogP) is 3.51. The lowest BCUT2D eigenvalue weighted by Gasteiger charge is -2.06. The van der Waals surface area contributed by atoms with Crippen LogP contribution in [0.25, 0.3) is 0 Å². The van der Waals surface area contributed by atoms with Gasteiger partial charge in [0.1, 0.15) is 0 Å². The van der Waals surface area contributed by atoms with Crippen LogP contribution in [0.1, 0.15) is 25.3 Å². The van der Waals surface area contributed by atoms with Crippen LogP contribution in [0.15, 0.2) is 41.3 Å². The van der Waals surface area contributed by atoms with Crippen LogP contribution in [0.4, 0.5) is 15.6 Å². The number of urea groups is 1. The lowest BCUT2D eigenvalue weighted by atomic mass is 10.0. The summed E-state index contributed by atoms with van der Waals surface area (Å²) in [6.45, 7) is 8.08. The minimum atomic E-state index is -0.542. The van der Waals surface area contributed by atoms with E-state index in [1.54, 1.807) is 0 Å². The second-order valence-electron chi connectivity index (χ2n) is 5.61. The molecule has 0 radical (unpaired) electrons. The third-order valence-corrected chi connectivity index (χ3v) is 5.19. The molecule has 2 rings (SSSR count). The Labute approximate surface area is 160 Å². The fourth-order valence-corrected chi connectivity index (χ4v) is 3.46. The number of nitrogens with one attached hydrogen (secondary N) is 3. The molecule has 7 nitrogen and oxygen atoms in total. The third kappa shape index (κ3) is 6.49. The first-order chi connectivity index (χ1) is 12.5. The summed E-state index contributed by atoms with van der Waals surface area (Å²) in [7, 11) is 0. The van der Waals surface area contributed by atoms with Gasteiger partial charge in [-0.2, -0.15) is 0 Å². The zero-order valence-corrected chi connectivity index (χ0v) is 16.2. The number of thioether (sulfide) groups is 1. The highest BCUT2D eigenvalue weighted by Crippen LogP contribution is 2.28. The summed E-state index contributed by atoms with van der Waals surface area (Å²) in [6.07, 6.45) is 1.53. The van der Waals surface area contributed by atoms with Gasteiger partial charge < -0.3 is 10.6 Å². The number of amides is 3. The third-order valence-electron chi connectivity index (χ3n) is 3.22. The monoisotopic (exact) mass is 391 g/mol. The molecule has 2 aromatic rings. The Hall–Kier alpha value is -2.39. The Kier molecular flexibility index (Phi) is 7.61. The molecule has 0 aliphatic rings. The van der Waals surface area contributed by atoms with Crippen LogP contribution in [-0.4, -0.2) is 34.4 Å². The number of hydrogen-bond donors (Lipinski definition) is 3. The highest BCUT2D eigenvalue weighted by molar-refractivity contribution is 8.01. The molecule has 0 saturated carbocycles. The molecule has 3 N–H and O–H groups in total. The van der Waals surface area contributed by atoms with Crippen LogP contribution in [0.5, 0.6) is 0 Å². The number of aromatic nitrogens is 2. The number of carbonyl (C=O) groups is 2. The van der Waals surface area contributed by atoms with Crippen LogP contribution < -0.4 is 16.0 Å². The van der Waals surface area contributed by atoms with Gasteiger partial charge >= 0.3 is 6.03 Å². The number of rotatable bonds is 8. The van der Waals surface area contributed by atoms with Crippen molar-refractivity contribution in [3.8, 4) is 0 Å². The molecule has 0 aliphatic heterocycles. The first kappa shape index (κ1) is 19.9. The fourth-order valence-electron chi connectivity index (χ4n) is 1.89. The van der Waals surface area contributed by atoms with E-state index in [2.05, 4.69) is 58.7 Å². The largest absolute Gasteiger partial charge is 0.334 e. The maximum absolute atomic E-state index is 11.7. The number of anilines is 2. The normalized spacial score (nSPS) is 10.4. The minimum Gasteiger partial charge on any atom is -0.334 e. The highest BCUT2D eigenvalue weighted by atomic mass is 32.2. The Balaban J connectivity index is 1.81. The number of hydrogen-bond acceptors (Lipinski definition) is 7. The van der Waals surface area contributed by atoms with E-state index in [0.717, 1.165) is 5.69 Å². The summed E-state index contributed by atoms with van der Waals surface area (Å²) in [5.41, 5.74) is 2.20. The van der Waals surface area contributed by atoms with Crippen LogP contribution in [0.3, 0.4) is 0 Å². The fraction of sp³-hybridized carbons (Fsp3) is 0.294. The smallest absolute Gasteiger partial charge is 0.321 e. The van der Waals surface area contributed by atoms with Crippen LogP contribution >= 0.6 is 23.1 Å². The summed E-state index contributed by atoms with van der Waals surface area (Å²) in [6, 6.07) is 7.61. The van der Waals surface area contributed by atoms with Gasteiger partial charge in [0.05, 0.1) is 5.75 Å². The van der Waals surface area contributed by atoms with Crippen molar-refractivity contribution in [1.82, 2.24) is 20.8 Å². The SMILES string of the molecule is C=CCNC(=O)NC(=O)CSc1nnc(Nc2ccc(C(C)C)cc2)s1. The molecule has 9 heteroatoms. The van der Waals surface area contributed by atoms with E-state index in [1.807, 2.05) is 12.1 Å². The molecule has 0 bridgehead atoms. The number of carbonyl (C=O) groups excluding carboxylic acids is 2. The molecule has 0 fully saturated rings. The van der Waals surface area contributed by atoms with Gasteiger partial charge in [-0.25, -0.2) is 4.79 Å². The number of benzene rings is 1. The maximum atomic E-state index is 11.7. The van der Waals surface area contributed by atoms with Crippen LogP contribution in [-0.2, 0) is 4.79 Å². The topological polar surface area (TPSA) is 96.0 Å². The summed E-state index contributed by atoms with van der Waals surface area (Å²) >= 11 is 2.57. The lowest BCUT2D eigenvalue weighted by molar-refractivity contribution is -0.117. The van der Waals surface area contributed by atoms with Gasteiger partial charge in [-0.15, -0.1) is 16.8 Å². The Morgan fingerprint density at radius 2 is 2.00 bits per heavy atom. The van der Waals surface area contributed by atoms with Crippen molar-refractivity contribution in [3.63, 3.8) is 0 Å². The van der Waals surface area contributed by atoms with Crippen molar-refractivity contribution in [2.75, 3.05) is 17.6 Å². The molecular weight excluding hydrogens is 370 g/mol. The van der Waals surface area contributed by atoms with Gasteiger partial charge in [0.15, 0.2) is 4.34 Å². The second-order valence-corrected chi connectivity index (χ2v) is 7.81. The Morgan fingerprint density at radius 1 is 1.27 bits per heavy atom. The van der Waals surface area contributed by atoms with E-state index in [1.165, 1.54) is 34.7 Å². The number of nitrogens with zero attached hydrogens (tertiary/aromatic N) is 2. The lowest BCUT2D eigenvalue weighted by Crippen LogP contribution is -2.40. The zero-order chi connectivity index (χ0) is 18.9. The van der Waals surface area contributed by atoms with Crippen molar-refractivity contribution >= 4 is 45.9 Å². The van der Waals surface area contributed by atoms with Gasteiger partial charge in [0.2, 0.25) is 11.0 Å². The van der Waals surface area contributed by atoms with Crippen molar-refractivity contribution in [2.45, 2.75) is 24.1 Å². The summed E-state index contributed by atoms with van der Waals surface area (Å²) in [4.78, 5) is 23.1. The molecule has 26 heavy (non-hydrogen) atoms. The van der Waals surface area contributed by atoms with Crippen molar-refractivity contribution in [3.05, 3.63) is 42.5 Å². The molecule has 1 aromatic carbocycles. The van der Waals surface area contributed by atoms with Gasteiger partial charge in [0.25, 0.3) is 0 Å². The van der Waals surface area contributed by atoms with E-state index in [-0.39, 0.29) is 5.75 Å². The maximum Gasteiger partial charge on any atom is 0.321 e. The van der Waals surface area contributed by atoms with Gasteiger partial charge in [-0.3, -0.25) is 10.1 Å². The number of imide groups is 1. The first-order valence-electron chi connectivity index (χ1n) is 7.99. The zero-order valence-electron chi connectivity index (χ0n) is 14.6. The molecule has 0 aliphatic carbocycles. The van der Waals surface area contributed by atoms with E-state index in [9.17, 15) is 9.59 Å². The molecule has 3 amide bonds. The summed E-state index contributed by atoms with van der Waals surface area (Å²) < 4.78 is 0.646. The van der Waals surface area contributed by atoms with Gasteiger partial charge in [-0.1, -0.05) is 55.2 Å². The average molecular weight is 392 g/mol. The quantitative estimate of drug-likeness (QED) is 0.471. The average Bonchev–Trinajstić information content (AvgIpc) is 3.06. The molecule has 0 saturated heterocycles. The minimum absolute atomic E-state index is 0.0826. The van der Waals surface area contributed by atoms with Gasteiger partial charge in [0, 0.05) is 12.2 Å². The van der Waals surface area contributed by atoms with Crippen LogP contribution in [0.2, 0.25) is 0 Å². The molecular formula is C17H21N5O2S2. The van der Waals surface area contributed by atoms with E-state index >= 15 is 0 Å². The molecule has 1 aromatic heterocycles. The molecule has 1 heterocycles. The standard InChI is InChI=1S/C17H21N5O2S2/c1-4-9-18-15(24)20-14(23)10-25-17-22-21-16(26-17)19-13-7-5-12(6-8-13)11(2)3/h4-8,11H,1,9-10H2,2-3H3,(H,19,21)(H2,18,20,23,24). The highest BCUT2D eigenvalue weighted by Gasteiger charge is 2.11. The molecule has 0 unspecified atom stereocenters. The predicted molar refractivity (Wildman–Crippen MR) is 106 cm³/mol. The van der Waals surface area contributed by atoms with Gasteiger partial charge in [-0.05, 0) is 23.6 Å². The van der Waals surface area contributed by atoms with E-state index in [4.69, 9.17) is 0 Å². The van der Waals surface area contributed by atoms with Crippen molar-refractivity contribution in [1.29, 1.82) is 0 Å². The Bertz CT molecular complexity index is 759. The van der Waals surface area contributed by atoms with E-state index in [0.29, 0.717) is 21.9 Å². The van der Waals surface area contributed by atoms with Crippen molar-refractivity contribution < 1.29 is 9.59 Å². The molecule has 0 spiro atoms. The van der Waals surface area contributed by atoms with Crippen LogP contribution in [0, 0.1) is 0 Å². The summed E-state index contributed by atoms with van der Waals surface area (Å²) in [5.74, 6) is 0.170. The molecule has 138 valence electrons. The van der Waals surface area contributed by atoms with E-state index < -0.39 is 11.9 Å². The molecule has 0 atom stereocenters. The first-order valence-corrected chi connectivity index (χ1v) is 9.80. The summed E-state index contributed by atoms with van der Waals surface area (Å²) in [5, 5.41) is 16.6. The Morgan fingerprint density at radius 3 is 2.65 bits per heavy atom. The van der Waals surface area contributed by atoms with Crippen molar-refractivity contribution in [2.24, 2.45) is 0 Å².